The number of aromatic nitrogens is 2. The molecule has 2 aromatic rings. The molecule has 0 fully saturated rings. The van der Waals surface area contributed by atoms with Crippen LogP contribution in [0.2, 0.25) is 5.02 Å². The highest BCUT2D eigenvalue weighted by atomic mass is 35.5. The fourth-order valence-electron chi connectivity index (χ4n) is 2.28. The van der Waals surface area contributed by atoms with Crippen LogP contribution in [0.4, 0.5) is 13.2 Å². The van der Waals surface area contributed by atoms with E-state index in [1.54, 1.807) is 0 Å². The highest BCUT2D eigenvalue weighted by Crippen LogP contribution is 2.23. The molecule has 0 N–H and O–H groups in total. The van der Waals surface area contributed by atoms with Gasteiger partial charge >= 0.3 is 17.6 Å². The van der Waals surface area contributed by atoms with Gasteiger partial charge in [-0.05, 0) is 32.0 Å². The topological polar surface area (TPSA) is 96.6 Å². The van der Waals surface area contributed by atoms with Gasteiger partial charge in [0, 0.05) is 7.05 Å². The van der Waals surface area contributed by atoms with Crippen LogP contribution in [0.5, 0.6) is 0 Å². The number of hydrogen-bond acceptors (Lipinski definition) is 6. The number of alkyl halides is 2. The van der Waals surface area contributed by atoms with Crippen LogP contribution in [-0.4, -0.2) is 40.2 Å². The van der Waals surface area contributed by atoms with Crippen molar-refractivity contribution in [3.8, 4) is 5.69 Å². The summed E-state index contributed by atoms with van der Waals surface area (Å²) in [5.74, 6) is -2.80. The molecule has 0 saturated carbocycles. The molecular weight excluding hydrogens is 457 g/mol. The van der Waals surface area contributed by atoms with Gasteiger partial charge in [-0.25, -0.2) is 27.7 Å². The molecule has 174 valence electrons. The maximum atomic E-state index is 13.6. The minimum Gasteiger partial charge on any atom is -0.459 e. The molecule has 1 aromatic heterocycles. The van der Waals surface area contributed by atoms with Crippen molar-refractivity contribution in [2.24, 2.45) is 7.05 Å². The van der Waals surface area contributed by atoms with E-state index >= 15 is 0 Å². The van der Waals surface area contributed by atoms with Crippen molar-refractivity contribution in [3.05, 3.63) is 74.3 Å². The smallest absolute Gasteiger partial charge is 0.350 e. The number of halogens is 4. The van der Waals surface area contributed by atoms with Crippen molar-refractivity contribution in [2.45, 2.75) is 19.4 Å². The third-order valence-corrected chi connectivity index (χ3v) is 4.19. The van der Waals surface area contributed by atoms with Crippen LogP contribution in [0.25, 0.3) is 5.69 Å². The van der Waals surface area contributed by atoms with E-state index < -0.39 is 41.7 Å². The number of benzene rings is 1. The Balaban J connectivity index is 0.00000161. The molecule has 0 aliphatic carbocycles. The van der Waals surface area contributed by atoms with Crippen molar-refractivity contribution in [2.75, 3.05) is 13.5 Å². The average molecular weight is 477 g/mol. The zero-order chi connectivity index (χ0) is 24.6. The number of rotatable bonds is 6. The lowest BCUT2D eigenvalue weighted by atomic mass is 10.1. The van der Waals surface area contributed by atoms with Gasteiger partial charge in [-0.15, -0.1) is 0 Å². The maximum absolute atomic E-state index is 13.6. The van der Waals surface area contributed by atoms with Crippen LogP contribution in [0, 0.1) is 5.95 Å². The standard InChI is InChI=1S/C19H18ClFN2O6.CH2F2/c1-5-8-28-17(26)19(2,3)29-16(25)12-9-11(6-7-13(12)20)23-15(24)10-14(21)22(4)18(23)27;2-1-3/h5-7,9-10H,1,8H2,2-4H3;1H2. The Morgan fingerprint density at radius 1 is 1.22 bits per heavy atom. The van der Waals surface area contributed by atoms with Crippen LogP contribution in [-0.2, 0) is 21.3 Å². The highest BCUT2D eigenvalue weighted by molar-refractivity contribution is 6.33. The molecular formula is C20H20ClF3N2O6. The number of hydrogen-bond donors (Lipinski definition) is 0. The van der Waals surface area contributed by atoms with E-state index in [0.29, 0.717) is 15.2 Å². The van der Waals surface area contributed by atoms with Gasteiger partial charge in [-0.1, -0.05) is 24.3 Å². The predicted molar refractivity (Wildman–Crippen MR) is 110 cm³/mol. The minimum absolute atomic E-state index is 0.0287. The van der Waals surface area contributed by atoms with E-state index in [9.17, 15) is 32.3 Å². The molecule has 1 heterocycles. The molecule has 0 unspecified atom stereocenters. The van der Waals surface area contributed by atoms with Gasteiger partial charge in [0.05, 0.1) is 22.3 Å². The summed E-state index contributed by atoms with van der Waals surface area (Å²) in [5.41, 5.74) is -3.75. The molecule has 0 saturated heterocycles. The summed E-state index contributed by atoms with van der Waals surface area (Å²) in [4.78, 5) is 48.9. The zero-order valence-corrected chi connectivity index (χ0v) is 18.1. The first-order chi connectivity index (χ1) is 14.9. The van der Waals surface area contributed by atoms with Crippen molar-refractivity contribution in [1.82, 2.24) is 9.13 Å². The number of carbonyl (C=O) groups excluding carboxylic acids is 2. The summed E-state index contributed by atoms with van der Waals surface area (Å²) in [6.45, 7) is 4.26. The molecule has 1 aromatic carbocycles. The Bertz CT molecular complexity index is 1130. The lowest BCUT2D eigenvalue weighted by Gasteiger charge is -2.23. The largest absolute Gasteiger partial charge is 0.459 e. The van der Waals surface area contributed by atoms with Gasteiger partial charge in [0.1, 0.15) is 6.61 Å². The minimum atomic E-state index is -1.75. The lowest BCUT2D eigenvalue weighted by Crippen LogP contribution is -2.39. The second-order valence-corrected chi connectivity index (χ2v) is 6.94. The predicted octanol–water partition coefficient (Wildman–Crippen LogP) is 2.88. The van der Waals surface area contributed by atoms with Gasteiger partial charge in [0.25, 0.3) is 5.56 Å². The molecule has 0 aliphatic heterocycles. The van der Waals surface area contributed by atoms with Crippen LogP contribution >= 0.6 is 11.6 Å². The number of esters is 2. The van der Waals surface area contributed by atoms with E-state index in [0.717, 1.165) is 13.1 Å². The summed E-state index contributed by atoms with van der Waals surface area (Å²) in [6.07, 6.45) is 1.36. The maximum Gasteiger partial charge on any atom is 0.350 e. The molecule has 0 amide bonds. The Morgan fingerprint density at radius 3 is 2.38 bits per heavy atom. The Morgan fingerprint density at radius 2 is 1.81 bits per heavy atom. The normalized spacial score (nSPS) is 10.6. The van der Waals surface area contributed by atoms with Crippen molar-refractivity contribution >= 4 is 23.5 Å². The monoisotopic (exact) mass is 476 g/mol. The highest BCUT2D eigenvalue weighted by Gasteiger charge is 2.34. The quantitative estimate of drug-likeness (QED) is 0.361. The fourth-order valence-corrected chi connectivity index (χ4v) is 2.48. The SMILES string of the molecule is C=CCOC(=O)C(C)(C)OC(=O)c1cc(-n2c(=O)cc(F)n(C)c2=O)ccc1Cl.FCF. The van der Waals surface area contributed by atoms with Gasteiger partial charge < -0.3 is 9.47 Å². The van der Waals surface area contributed by atoms with Crippen molar-refractivity contribution in [1.29, 1.82) is 0 Å². The molecule has 12 heteroatoms. The molecule has 0 aliphatic rings. The number of nitrogens with zero attached hydrogens (tertiary/aromatic N) is 2. The van der Waals surface area contributed by atoms with Gasteiger partial charge in [-0.2, -0.15) is 4.39 Å². The first kappa shape index (κ1) is 26.7. The summed E-state index contributed by atoms with van der Waals surface area (Å²) < 4.78 is 44.2. The van der Waals surface area contributed by atoms with E-state index in [1.165, 1.54) is 32.1 Å². The molecule has 32 heavy (non-hydrogen) atoms. The van der Waals surface area contributed by atoms with Crippen LogP contribution in [0.1, 0.15) is 24.2 Å². The summed E-state index contributed by atoms with van der Waals surface area (Å²) in [5, 5.41) is -0.0407. The first-order valence-electron chi connectivity index (χ1n) is 8.83. The first-order valence-corrected chi connectivity index (χ1v) is 9.21. The second kappa shape index (κ2) is 11.3. The Labute approximate surface area is 185 Å². The molecule has 0 bridgehead atoms. The third-order valence-electron chi connectivity index (χ3n) is 3.86. The van der Waals surface area contributed by atoms with E-state index in [2.05, 4.69) is 6.58 Å². The molecule has 8 nitrogen and oxygen atoms in total. The number of ether oxygens (including phenoxy) is 2. The van der Waals surface area contributed by atoms with Crippen LogP contribution < -0.4 is 11.2 Å². The summed E-state index contributed by atoms with van der Waals surface area (Å²) in [6, 6.07) is 4.35. The molecule has 2 rings (SSSR count). The van der Waals surface area contributed by atoms with E-state index in [-0.39, 0.29) is 22.9 Å². The van der Waals surface area contributed by atoms with Crippen molar-refractivity contribution < 1.29 is 32.2 Å². The molecule has 0 atom stereocenters. The Kier molecular flexibility index (Phi) is 9.45. The van der Waals surface area contributed by atoms with Gasteiger partial charge in [0.15, 0.2) is 0 Å². The third kappa shape index (κ3) is 6.33. The lowest BCUT2D eigenvalue weighted by molar-refractivity contribution is -0.161. The summed E-state index contributed by atoms with van der Waals surface area (Å²) in [7, 11) is 1.15. The zero-order valence-electron chi connectivity index (χ0n) is 17.4. The van der Waals surface area contributed by atoms with Crippen LogP contribution in [0.15, 0.2) is 46.5 Å². The van der Waals surface area contributed by atoms with Crippen molar-refractivity contribution in [3.63, 3.8) is 0 Å². The number of carbonyl (C=O) groups is 2. The van der Waals surface area contributed by atoms with Gasteiger partial charge in [0.2, 0.25) is 18.5 Å². The Hall–Kier alpha value is -3.34. The summed E-state index contributed by atoms with van der Waals surface area (Å²) >= 11 is 6.05. The van der Waals surface area contributed by atoms with Crippen LogP contribution in [0.3, 0.4) is 0 Å². The van der Waals surface area contributed by atoms with E-state index in [1.807, 2.05) is 0 Å². The molecule has 0 radical (unpaired) electrons. The van der Waals surface area contributed by atoms with E-state index in [4.69, 9.17) is 21.1 Å². The fraction of sp³-hybridized carbons (Fsp3) is 0.300. The van der Waals surface area contributed by atoms with Gasteiger partial charge in [-0.3, -0.25) is 9.36 Å². The average Bonchev–Trinajstić information content (AvgIpc) is 2.71. The molecule has 0 spiro atoms. The second-order valence-electron chi connectivity index (χ2n) is 6.53.